The lowest BCUT2D eigenvalue weighted by molar-refractivity contribution is -0.143. The van der Waals surface area contributed by atoms with Gasteiger partial charge in [-0.2, -0.15) is 0 Å². The molecular formula is C26H35N3O2S. The molecule has 2 amide bonds. The van der Waals surface area contributed by atoms with E-state index in [9.17, 15) is 9.59 Å². The van der Waals surface area contributed by atoms with Crippen molar-refractivity contribution < 1.29 is 9.59 Å². The first kappa shape index (κ1) is 23.0. The topological polar surface area (TPSA) is 43.9 Å². The molecule has 4 rings (SSSR count). The zero-order valence-corrected chi connectivity index (χ0v) is 20.5. The van der Waals surface area contributed by atoms with Crippen molar-refractivity contribution in [1.29, 1.82) is 0 Å². The highest BCUT2D eigenvalue weighted by atomic mass is 32.1. The van der Waals surface area contributed by atoms with E-state index >= 15 is 0 Å². The molecule has 6 heteroatoms. The van der Waals surface area contributed by atoms with Crippen LogP contribution in [0.3, 0.4) is 0 Å². The SMILES string of the molecule is Cc1ccc([C@@H]2c3ccsc3CCN2CC(=O)N2CCN(C(=O)CC(C)C)[C@H](C)C2)cc1. The van der Waals surface area contributed by atoms with E-state index in [1.165, 1.54) is 21.6 Å². The maximum absolute atomic E-state index is 13.3. The van der Waals surface area contributed by atoms with Crippen LogP contribution in [0.5, 0.6) is 0 Å². The van der Waals surface area contributed by atoms with Gasteiger partial charge in [-0.3, -0.25) is 14.5 Å². The number of aryl methyl sites for hydroxylation is 1. The van der Waals surface area contributed by atoms with Gasteiger partial charge >= 0.3 is 0 Å². The van der Waals surface area contributed by atoms with Gasteiger partial charge in [0.15, 0.2) is 0 Å². The molecule has 0 bridgehead atoms. The van der Waals surface area contributed by atoms with Crippen molar-refractivity contribution in [3.05, 3.63) is 57.3 Å². The van der Waals surface area contributed by atoms with Crippen LogP contribution in [-0.2, 0) is 16.0 Å². The van der Waals surface area contributed by atoms with E-state index in [2.05, 4.69) is 68.3 Å². The Labute approximate surface area is 196 Å². The Morgan fingerprint density at radius 3 is 2.50 bits per heavy atom. The highest BCUT2D eigenvalue weighted by molar-refractivity contribution is 7.10. The monoisotopic (exact) mass is 453 g/mol. The number of thiophene rings is 1. The Hall–Kier alpha value is -2.18. The highest BCUT2D eigenvalue weighted by Gasteiger charge is 2.34. The molecule has 0 radical (unpaired) electrons. The van der Waals surface area contributed by atoms with Crippen LogP contribution in [0.25, 0.3) is 0 Å². The summed E-state index contributed by atoms with van der Waals surface area (Å²) in [6.45, 7) is 11.5. The standard InChI is InChI=1S/C26H35N3O2S/c1-18(2)15-24(30)29-13-12-27(16-20(29)4)25(31)17-28-11-9-23-22(10-14-32-23)26(28)21-7-5-19(3)6-8-21/h5-8,10,14,18,20,26H,9,11-13,15-17H2,1-4H3/t20-,26-/m1/s1. The normalized spacial score (nSPS) is 21.7. The molecule has 5 nitrogen and oxygen atoms in total. The van der Waals surface area contributed by atoms with Crippen LogP contribution in [0.2, 0.25) is 0 Å². The lowest BCUT2D eigenvalue weighted by Crippen LogP contribution is -2.57. The number of hydrogen-bond donors (Lipinski definition) is 0. The van der Waals surface area contributed by atoms with E-state index in [1.54, 1.807) is 0 Å². The summed E-state index contributed by atoms with van der Waals surface area (Å²) in [4.78, 5) is 33.6. The predicted octanol–water partition coefficient (Wildman–Crippen LogP) is 4.11. The first-order valence-corrected chi connectivity index (χ1v) is 12.7. The Morgan fingerprint density at radius 1 is 1.06 bits per heavy atom. The van der Waals surface area contributed by atoms with E-state index in [0.717, 1.165) is 13.0 Å². The van der Waals surface area contributed by atoms with Gasteiger partial charge in [0.2, 0.25) is 11.8 Å². The van der Waals surface area contributed by atoms with E-state index in [1.807, 2.05) is 21.1 Å². The summed E-state index contributed by atoms with van der Waals surface area (Å²) in [5.41, 5.74) is 3.84. The van der Waals surface area contributed by atoms with Gasteiger partial charge in [0.1, 0.15) is 0 Å². The predicted molar refractivity (Wildman–Crippen MR) is 130 cm³/mol. The van der Waals surface area contributed by atoms with Crippen molar-refractivity contribution >= 4 is 23.2 Å². The summed E-state index contributed by atoms with van der Waals surface area (Å²) >= 11 is 1.82. The molecule has 2 aromatic rings. The largest absolute Gasteiger partial charge is 0.338 e. The Balaban J connectivity index is 1.45. The second-order valence-corrected chi connectivity index (χ2v) is 10.7. The van der Waals surface area contributed by atoms with E-state index in [-0.39, 0.29) is 23.9 Å². The fourth-order valence-corrected chi connectivity index (χ4v) is 5.88. The molecule has 1 aromatic carbocycles. The number of piperazine rings is 1. The number of carbonyl (C=O) groups excluding carboxylic acids is 2. The summed E-state index contributed by atoms with van der Waals surface area (Å²) < 4.78 is 0. The Morgan fingerprint density at radius 2 is 1.81 bits per heavy atom. The molecule has 1 aromatic heterocycles. The van der Waals surface area contributed by atoms with Gasteiger partial charge in [0.25, 0.3) is 0 Å². The second-order valence-electron chi connectivity index (χ2n) is 9.71. The Kier molecular flexibility index (Phi) is 7.01. The molecule has 0 aliphatic carbocycles. The zero-order chi connectivity index (χ0) is 22.8. The fraction of sp³-hybridized carbons (Fsp3) is 0.538. The number of rotatable bonds is 5. The number of nitrogens with zero attached hydrogens (tertiary/aromatic N) is 3. The van der Waals surface area contributed by atoms with Crippen LogP contribution in [0.4, 0.5) is 0 Å². The average molecular weight is 454 g/mol. The van der Waals surface area contributed by atoms with E-state index in [4.69, 9.17) is 0 Å². The summed E-state index contributed by atoms with van der Waals surface area (Å²) in [7, 11) is 0. The molecule has 2 atom stereocenters. The number of amides is 2. The van der Waals surface area contributed by atoms with Gasteiger partial charge < -0.3 is 9.80 Å². The maximum atomic E-state index is 13.3. The lowest BCUT2D eigenvalue weighted by atomic mass is 9.92. The molecule has 3 heterocycles. The summed E-state index contributed by atoms with van der Waals surface area (Å²) in [5, 5.41) is 2.17. The van der Waals surface area contributed by atoms with Crippen LogP contribution >= 0.6 is 11.3 Å². The van der Waals surface area contributed by atoms with Gasteiger partial charge in [0.05, 0.1) is 12.6 Å². The minimum Gasteiger partial charge on any atom is -0.338 e. The lowest BCUT2D eigenvalue weighted by Gasteiger charge is -2.42. The molecule has 0 spiro atoms. The molecular weight excluding hydrogens is 418 g/mol. The molecule has 0 unspecified atom stereocenters. The van der Waals surface area contributed by atoms with Crippen molar-refractivity contribution in [2.45, 2.75) is 52.6 Å². The molecule has 32 heavy (non-hydrogen) atoms. The van der Waals surface area contributed by atoms with Gasteiger partial charge in [-0.05, 0) is 48.8 Å². The van der Waals surface area contributed by atoms with Gasteiger partial charge in [-0.25, -0.2) is 0 Å². The van der Waals surface area contributed by atoms with Gasteiger partial charge in [-0.1, -0.05) is 43.7 Å². The molecule has 172 valence electrons. The van der Waals surface area contributed by atoms with Crippen LogP contribution < -0.4 is 0 Å². The van der Waals surface area contributed by atoms with E-state index < -0.39 is 0 Å². The van der Waals surface area contributed by atoms with Crippen molar-refractivity contribution in [2.75, 3.05) is 32.7 Å². The number of carbonyl (C=O) groups is 2. The first-order chi connectivity index (χ1) is 15.3. The summed E-state index contributed by atoms with van der Waals surface area (Å²) in [6, 6.07) is 11.1. The molecule has 1 saturated heterocycles. The maximum Gasteiger partial charge on any atom is 0.236 e. The zero-order valence-electron chi connectivity index (χ0n) is 19.7. The van der Waals surface area contributed by atoms with Crippen molar-refractivity contribution in [1.82, 2.24) is 14.7 Å². The third kappa shape index (κ3) is 4.91. The van der Waals surface area contributed by atoms with Crippen LogP contribution in [0.1, 0.15) is 54.8 Å². The van der Waals surface area contributed by atoms with Crippen molar-refractivity contribution in [3.8, 4) is 0 Å². The van der Waals surface area contributed by atoms with Crippen molar-refractivity contribution in [3.63, 3.8) is 0 Å². The second kappa shape index (κ2) is 9.75. The Bertz CT molecular complexity index is 952. The van der Waals surface area contributed by atoms with Gasteiger partial charge in [-0.15, -0.1) is 11.3 Å². The summed E-state index contributed by atoms with van der Waals surface area (Å²) in [6.07, 6.45) is 1.57. The highest BCUT2D eigenvalue weighted by Crippen LogP contribution is 2.37. The number of benzene rings is 1. The number of hydrogen-bond acceptors (Lipinski definition) is 4. The fourth-order valence-electron chi connectivity index (χ4n) is 4.97. The minimum atomic E-state index is 0.0664. The molecule has 1 fully saturated rings. The van der Waals surface area contributed by atoms with E-state index in [0.29, 0.717) is 38.5 Å². The summed E-state index contributed by atoms with van der Waals surface area (Å²) in [5.74, 6) is 0.734. The minimum absolute atomic E-state index is 0.0664. The van der Waals surface area contributed by atoms with Crippen molar-refractivity contribution in [2.24, 2.45) is 5.92 Å². The molecule has 2 aliphatic heterocycles. The van der Waals surface area contributed by atoms with Crippen LogP contribution in [0, 0.1) is 12.8 Å². The molecule has 2 aliphatic rings. The quantitative estimate of drug-likeness (QED) is 0.684. The molecule has 0 N–H and O–H groups in total. The van der Waals surface area contributed by atoms with Crippen LogP contribution in [-0.4, -0.2) is 65.3 Å². The first-order valence-electron chi connectivity index (χ1n) is 11.8. The van der Waals surface area contributed by atoms with Gasteiger partial charge in [0, 0.05) is 43.5 Å². The smallest absolute Gasteiger partial charge is 0.236 e. The third-order valence-electron chi connectivity index (χ3n) is 6.68. The van der Waals surface area contributed by atoms with Crippen LogP contribution in [0.15, 0.2) is 35.7 Å². The third-order valence-corrected chi connectivity index (χ3v) is 7.68. The molecule has 0 saturated carbocycles. The average Bonchev–Trinajstić information content (AvgIpc) is 3.22. The number of fused-ring (bicyclic) bond motifs is 1.